The van der Waals surface area contributed by atoms with Crippen LogP contribution in [0.1, 0.15) is 37.9 Å². The van der Waals surface area contributed by atoms with Crippen LogP contribution in [0.5, 0.6) is 5.75 Å². The van der Waals surface area contributed by atoms with Gasteiger partial charge in [0.2, 0.25) is 5.91 Å². The number of rotatable bonds is 9. The second kappa shape index (κ2) is 12.5. The predicted molar refractivity (Wildman–Crippen MR) is 141 cm³/mol. The fourth-order valence-corrected chi connectivity index (χ4v) is 5.11. The van der Waals surface area contributed by atoms with E-state index in [4.69, 9.17) is 60.6 Å². The number of carbonyl (C=O) groups excluding carboxylic acids is 1. The van der Waals surface area contributed by atoms with Gasteiger partial charge < -0.3 is 24.1 Å². The van der Waals surface area contributed by atoms with Crippen LogP contribution in [0.2, 0.25) is 20.1 Å². The fourth-order valence-electron chi connectivity index (χ4n) is 3.98. The summed E-state index contributed by atoms with van der Waals surface area (Å²) in [6, 6.07) is 8.54. The number of imidazole rings is 1. The maximum Gasteiger partial charge on any atom is 0.221 e. The van der Waals surface area contributed by atoms with Crippen molar-refractivity contribution in [2.45, 2.75) is 51.2 Å². The first-order chi connectivity index (χ1) is 17.3. The lowest BCUT2D eigenvalue weighted by Crippen LogP contribution is -2.35. The van der Waals surface area contributed by atoms with Gasteiger partial charge in [0.15, 0.2) is 12.0 Å². The zero-order valence-corrected chi connectivity index (χ0v) is 22.4. The second-order valence-corrected chi connectivity index (χ2v) is 10.1. The Labute approximate surface area is 229 Å². The Bertz CT molecular complexity index is 1170. The highest BCUT2D eigenvalue weighted by molar-refractivity contribution is 6.37. The highest BCUT2D eigenvalue weighted by Gasteiger charge is 2.28. The van der Waals surface area contributed by atoms with Crippen molar-refractivity contribution >= 4 is 58.0 Å². The van der Waals surface area contributed by atoms with Crippen LogP contribution in [-0.4, -0.2) is 34.5 Å². The summed E-state index contributed by atoms with van der Waals surface area (Å²) in [6.07, 6.45) is 6.67. The van der Waals surface area contributed by atoms with Gasteiger partial charge in [0, 0.05) is 40.6 Å². The summed E-state index contributed by atoms with van der Waals surface area (Å²) in [5.74, 6) is 0.119. The van der Waals surface area contributed by atoms with Gasteiger partial charge in [0.05, 0.1) is 29.0 Å². The van der Waals surface area contributed by atoms with Crippen LogP contribution in [0, 0.1) is 0 Å². The Morgan fingerprint density at radius 3 is 2.61 bits per heavy atom. The lowest BCUT2D eigenvalue weighted by molar-refractivity contribution is -0.223. The molecule has 2 aromatic carbocycles. The number of hydrogen-bond acceptors (Lipinski definition) is 5. The van der Waals surface area contributed by atoms with E-state index in [1.54, 1.807) is 36.8 Å². The van der Waals surface area contributed by atoms with Crippen molar-refractivity contribution in [1.82, 2.24) is 9.55 Å². The zero-order valence-electron chi connectivity index (χ0n) is 19.4. The number of nitrogens with one attached hydrogen (secondary N) is 1. The summed E-state index contributed by atoms with van der Waals surface area (Å²) in [7, 11) is 0. The van der Waals surface area contributed by atoms with Crippen LogP contribution in [0.4, 0.5) is 5.69 Å². The molecule has 1 saturated heterocycles. The molecule has 0 aliphatic carbocycles. The molecule has 3 unspecified atom stereocenters. The Kier molecular flexibility index (Phi) is 9.39. The Morgan fingerprint density at radius 1 is 1.17 bits per heavy atom. The van der Waals surface area contributed by atoms with Crippen LogP contribution in [0.25, 0.3) is 0 Å². The van der Waals surface area contributed by atoms with Crippen molar-refractivity contribution in [3.05, 3.63) is 74.7 Å². The quantitative estimate of drug-likeness (QED) is 0.294. The van der Waals surface area contributed by atoms with Gasteiger partial charge in [0.25, 0.3) is 0 Å². The van der Waals surface area contributed by atoms with E-state index in [1.165, 1.54) is 6.92 Å². The Balaban J connectivity index is 1.41. The van der Waals surface area contributed by atoms with E-state index in [0.29, 0.717) is 38.1 Å². The number of anilines is 1. The summed E-state index contributed by atoms with van der Waals surface area (Å²) in [6.45, 7) is 2.16. The highest BCUT2D eigenvalue weighted by atomic mass is 35.5. The molecule has 0 radical (unpaired) electrons. The van der Waals surface area contributed by atoms with Crippen molar-refractivity contribution < 1.29 is 19.0 Å². The number of aromatic nitrogens is 2. The minimum atomic E-state index is -0.458. The zero-order chi connectivity index (χ0) is 25.7. The molecule has 1 fully saturated rings. The van der Waals surface area contributed by atoms with E-state index in [9.17, 15) is 4.79 Å². The van der Waals surface area contributed by atoms with Crippen LogP contribution in [0.15, 0.2) is 49.1 Å². The van der Waals surface area contributed by atoms with E-state index < -0.39 is 6.29 Å². The van der Waals surface area contributed by atoms with E-state index >= 15 is 0 Å². The minimum absolute atomic E-state index is 0.219. The van der Waals surface area contributed by atoms with Crippen LogP contribution in [-0.2, 0) is 20.8 Å². The van der Waals surface area contributed by atoms with Crippen molar-refractivity contribution in [3.8, 4) is 5.75 Å². The first kappa shape index (κ1) is 27.0. The van der Waals surface area contributed by atoms with Crippen LogP contribution >= 0.6 is 46.4 Å². The molecule has 11 heteroatoms. The average Bonchev–Trinajstić information content (AvgIpc) is 3.31. The molecule has 3 atom stereocenters. The summed E-state index contributed by atoms with van der Waals surface area (Å²) in [5.41, 5.74) is 1.31. The standard InChI is InChI=1S/C25H25Cl4N3O4/c1-15(33)31-17-10-21(28)25(22(29)11-17)34-13-18-3-2-4-24(35-18)36-23(12-32-8-7-30-14-32)19-6-5-16(26)9-20(19)27/h5-11,14,18,23-24H,2-4,12-13H2,1H3,(H,31,33). The molecule has 192 valence electrons. The van der Waals surface area contributed by atoms with E-state index in [-0.39, 0.29) is 24.7 Å². The van der Waals surface area contributed by atoms with Crippen LogP contribution < -0.4 is 10.1 Å². The van der Waals surface area contributed by atoms with Crippen molar-refractivity contribution in [3.63, 3.8) is 0 Å². The fraction of sp³-hybridized carbons (Fsp3) is 0.360. The van der Waals surface area contributed by atoms with Gasteiger partial charge in [-0.3, -0.25) is 4.79 Å². The molecule has 3 aromatic rings. The Hall–Kier alpha value is -2.00. The Morgan fingerprint density at radius 2 is 1.94 bits per heavy atom. The molecular weight excluding hydrogens is 548 g/mol. The van der Waals surface area contributed by atoms with Crippen molar-refractivity contribution in [2.24, 2.45) is 0 Å². The molecule has 36 heavy (non-hydrogen) atoms. The third kappa shape index (κ3) is 7.28. The number of carbonyl (C=O) groups is 1. The third-order valence-electron chi connectivity index (χ3n) is 5.60. The summed E-state index contributed by atoms with van der Waals surface area (Å²) in [5, 5.41) is 4.33. The molecule has 0 spiro atoms. The van der Waals surface area contributed by atoms with Gasteiger partial charge in [-0.1, -0.05) is 52.5 Å². The minimum Gasteiger partial charge on any atom is -0.488 e. The smallest absolute Gasteiger partial charge is 0.221 e. The SMILES string of the molecule is CC(=O)Nc1cc(Cl)c(OCC2CCCC(OC(Cn3ccnc3)c3ccc(Cl)cc3Cl)O2)c(Cl)c1. The van der Waals surface area contributed by atoms with Gasteiger partial charge in [-0.15, -0.1) is 0 Å². The molecule has 1 aliphatic rings. The number of ether oxygens (including phenoxy) is 3. The third-order valence-corrected chi connectivity index (χ3v) is 6.73. The van der Waals surface area contributed by atoms with E-state index in [2.05, 4.69) is 10.3 Å². The molecule has 7 nitrogen and oxygen atoms in total. The second-order valence-electron chi connectivity index (χ2n) is 8.43. The number of hydrogen-bond donors (Lipinski definition) is 1. The van der Waals surface area contributed by atoms with Gasteiger partial charge in [-0.05, 0) is 43.5 Å². The maximum atomic E-state index is 11.3. The number of halogens is 4. The highest BCUT2D eigenvalue weighted by Crippen LogP contribution is 2.37. The van der Waals surface area contributed by atoms with E-state index in [0.717, 1.165) is 24.8 Å². The topological polar surface area (TPSA) is 74.6 Å². The largest absolute Gasteiger partial charge is 0.488 e. The van der Waals surface area contributed by atoms with Gasteiger partial charge >= 0.3 is 0 Å². The summed E-state index contributed by atoms with van der Waals surface area (Å²) >= 11 is 25.3. The lowest BCUT2D eigenvalue weighted by atomic mass is 10.1. The van der Waals surface area contributed by atoms with Crippen molar-refractivity contribution in [1.29, 1.82) is 0 Å². The summed E-state index contributed by atoms with van der Waals surface area (Å²) < 4.78 is 20.5. The molecular formula is C25H25Cl4N3O4. The first-order valence-corrected chi connectivity index (χ1v) is 12.9. The first-order valence-electron chi connectivity index (χ1n) is 11.4. The molecule has 1 aromatic heterocycles. The number of benzene rings is 2. The molecule has 1 amide bonds. The van der Waals surface area contributed by atoms with Crippen molar-refractivity contribution in [2.75, 3.05) is 11.9 Å². The van der Waals surface area contributed by atoms with Gasteiger partial charge in [-0.25, -0.2) is 4.98 Å². The average molecular weight is 573 g/mol. The normalized spacial score (nSPS) is 18.6. The molecule has 2 heterocycles. The molecule has 4 rings (SSSR count). The predicted octanol–water partition coefficient (Wildman–Crippen LogP) is 7.19. The molecule has 0 saturated carbocycles. The van der Waals surface area contributed by atoms with Gasteiger partial charge in [-0.2, -0.15) is 0 Å². The molecule has 1 aliphatic heterocycles. The van der Waals surface area contributed by atoms with Crippen LogP contribution in [0.3, 0.4) is 0 Å². The summed E-state index contributed by atoms with van der Waals surface area (Å²) in [4.78, 5) is 15.4. The number of amides is 1. The van der Waals surface area contributed by atoms with E-state index in [1.807, 2.05) is 16.8 Å². The van der Waals surface area contributed by atoms with Gasteiger partial charge in [0.1, 0.15) is 12.7 Å². The number of nitrogens with zero attached hydrogens (tertiary/aromatic N) is 2. The lowest BCUT2D eigenvalue weighted by Gasteiger charge is -2.33. The monoisotopic (exact) mass is 571 g/mol. The maximum absolute atomic E-state index is 11.3. The molecule has 0 bridgehead atoms. The molecule has 1 N–H and O–H groups in total.